The summed E-state index contributed by atoms with van der Waals surface area (Å²) in [6, 6.07) is 11.8. The van der Waals surface area contributed by atoms with Gasteiger partial charge in [0.15, 0.2) is 0 Å². The van der Waals surface area contributed by atoms with E-state index in [1.54, 1.807) is 24.3 Å². The molecule has 1 aliphatic rings. The summed E-state index contributed by atoms with van der Waals surface area (Å²) in [5.41, 5.74) is 1.51. The fraction of sp³-hybridized carbons (Fsp3) is 0.348. The van der Waals surface area contributed by atoms with Crippen molar-refractivity contribution in [3.05, 3.63) is 59.2 Å². The monoisotopic (exact) mass is 394 g/mol. The fourth-order valence-corrected chi connectivity index (χ4v) is 3.12. The maximum Gasteiger partial charge on any atom is 0.261 e. The maximum atomic E-state index is 12.7. The van der Waals surface area contributed by atoms with E-state index in [4.69, 9.17) is 4.74 Å². The molecule has 0 bridgehead atoms. The number of carbonyl (C=O) groups excluding carboxylic acids is 3. The third kappa shape index (κ3) is 4.47. The Balaban J connectivity index is 1.79. The molecule has 29 heavy (non-hydrogen) atoms. The number of rotatable bonds is 8. The first-order valence-electron chi connectivity index (χ1n) is 9.95. The number of nitrogens with zero attached hydrogens (tertiary/aromatic N) is 1. The van der Waals surface area contributed by atoms with Crippen molar-refractivity contribution in [2.24, 2.45) is 5.92 Å². The van der Waals surface area contributed by atoms with Crippen LogP contribution in [-0.2, 0) is 0 Å². The molecule has 0 fully saturated rings. The van der Waals surface area contributed by atoms with E-state index in [1.807, 2.05) is 32.9 Å². The summed E-state index contributed by atoms with van der Waals surface area (Å²) < 4.78 is 5.67. The van der Waals surface area contributed by atoms with Crippen LogP contribution < -0.4 is 10.1 Å². The van der Waals surface area contributed by atoms with Gasteiger partial charge in [-0.3, -0.25) is 19.3 Å². The topological polar surface area (TPSA) is 75.7 Å². The number of imide groups is 1. The van der Waals surface area contributed by atoms with Crippen molar-refractivity contribution in [1.82, 2.24) is 4.90 Å². The molecule has 2 aromatic carbocycles. The Bertz CT molecular complexity index is 936. The van der Waals surface area contributed by atoms with Crippen molar-refractivity contribution >= 4 is 23.4 Å². The van der Waals surface area contributed by atoms with E-state index >= 15 is 0 Å². The van der Waals surface area contributed by atoms with Gasteiger partial charge in [-0.2, -0.15) is 0 Å². The summed E-state index contributed by atoms with van der Waals surface area (Å²) in [5, 5.41) is 2.83. The summed E-state index contributed by atoms with van der Waals surface area (Å²) in [7, 11) is 0. The number of benzene rings is 2. The number of para-hydroxylation sites is 2. The van der Waals surface area contributed by atoms with Crippen molar-refractivity contribution in [1.29, 1.82) is 0 Å². The summed E-state index contributed by atoms with van der Waals surface area (Å²) in [5.74, 6) is -0.0188. The van der Waals surface area contributed by atoms with Gasteiger partial charge in [0.1, 0.15) is 5.75 Å². The van der Waals surface area contributed by atoms with Gasteiger partial charge in [0, 0.05) is 12.1 Å². The lowest BCUT2D eigenvalue weighted by Gasteiger charge is -2.14. The summed E-state index contributed by atoms with van der Waals surface area (Å²) >= 11 is 0. The third-order valence-electron chi connectivity index (χ3n) is 4.76. The molecule has 0 aromatic heterocycles. The normalized spacial score (nSPS) is 13.0. The molecule has 1 N–H and O–H groups in total. The second kappa shape index (κ2) is 8.90. The molecule has 3 amide bonds. The third-order valence-corrected chi connectivity index (χ3v) is 4.76. The van der Waals surface area contributed by atoms with Crippen LogP contribution in [-0.4, -0.2) is 35.8 Å². The van der Waals surface area contributed by atoms with Crippen molar-refractivity contribution in [2.75, 3.05) is 18.5 Å². The first-order chi connectivity index (χ1) is 13.9. The summed E-state index contributed by atoms with van der Waals surface area (Å²) in [6.07, 6.45) is 1.60. The zero-order chi connectivity index (χ0) is 21.0. The van der Waals surface area contributed by atoms with E-state index in [2.05, 4.69) is 5.32 Å². The Morgan fingerprint density at radius 3 is 2.52 bits per heavy atom. The number of hydrogen-bond acceptors (Lipinski definition) is 4. The van der Waals surface area contributed by atoms with E-state index in [0.717, 1.165) is 12.8 Å². The SMILES string of the molecule is CCCOc1ccccc1NC(=O)c1ccc2c(c1)C(=O)N(CCC(C)C)C2=O. The van der Waals surface area contributed by atoms with Crippen LogP contribution in [0.1, 0.15) is 64.7 Å². The van der Waals surface area contributed by atoms with E-state index in [1.165, 1.54) is 11.0 Å². The van der Waals surface area contributed by atoms with Gasteiger partial charge < -0.3 is 10.1 Å². The molecule has 0 saturated heterocycles. The Labute approximate surface area is 170 Å². The molecule has 0 atom stereocenters. The molecule has 0 radical (unpaired) electrons. The average molecular weight is 394 g/mol. The second-order valence-electron chi connectivity index (χ2n) is 7.50. The van der Waals surface area contributed by atoms with Crippen LogP contribution in [0.5, 0.6) is 5.75 Å². The van der Waals surface area contributed by atoms with Gasteiger partial charge in [-0.15, -0.1) is 0 Å². The lowest BCUT2D eigenvalue weighted by Crippen LogP contribution is -2.31. The molecule has 0 spiro atoms. The number of nitrogens with one attached hydrogen (secondary N) is 1. The highest BCUT2D eigenvalue weighted by Crippen LogP contribution is 2.27. The number of amides is 3. The Morgan fingerprint density at radius 2 is 1.79 bits per heavy atom. The summed E-state index contributed by atoms with van der Waals surface area (Å²) in [6.45, 7) is 7.03. The van der Waals surface area contributed by atoms with E-state index < -0.39 is 0 Å². The molecule has 1 aliphatic heterocycles. The highest BCUT2D eigenvalue weighted by molar-refractivity contribution is 6.22. The van der Waals surface area contributed by atoms with Crippen LogP contribution in [0.25, 0.3) is 0 Å². The zero-order valence-electron chi connectivity index (χ0n) is 17.0. The minimum atomic E-state index is -0.360. The minimum absolute atomic E-state index is 0.280. The summed E-state index contributed by atoms with van der Waals surface area (Å²) in [4.78, 5) is 39.2. The number of hydrogen-bond donors (Lipinski definition) is 1. The predicted molar refractivity (Wildman–Crippen MR) is 111 cm³/mol. The lowest BCUT2D eigenvalue weighted by molar-refractivity contribution is 0.0647. The second-order valence-corrected chi connectivity index (χ2v) is 7.50. The number of ether oxygens (including phenoxy) is 1. The average Bonchev–Trinajstić information content (AvgIpc) is 2.95. The van der Waals surface area contributed by atoms with Gasteiger partial charge >= 0.3 is 0 Å². The van der Waals surface area contributed by atoms with Gasteiger partial charge in [-0.1, -0.05) is 32.9 Å². The first-order valence-corrected chi connectivity index (χ1v) is 9.95. The van der Waals surface area contributed by atoms with E-state index in [0.29, 0.717) is 41.6 Å². The van der Waals surface area contributed by atoms with Crippen LogP contribution in [0.15, 0.2) is 42.5 Å². The Hall–Kier alpha value is -3.15. The maximum absolute atomic E-state index is 12.7. The fourth-order valence-electron chi connectivity index (χ4n) is 3.12. The molecular formula is C23H26N2O4. The van der Waals surface area contributed by atoms with Crippen molar-refractivity contribution < 1.29 is 19.1 Å². The van der Waals surface area contributed by atoms with Crippen LogP contribution in [0, 0.1) is 5.92 Å². The van der Waals surface area contributed by atoms with Gasteiger partial charge in [-0.25, -0.2) is 0 Å². The van der Waals surface area contributed by atoms with Gasteiger partial charge in [0.25, 0.3) is 17.7 Å². The molecule has 152 valence electrons. The molecule has 0 unspecified atom stereocenters. The smallest absolute Gasteiger partial charge is 0.261 e. The van der Waals surface area contributed by atoms with Crippen molar-refractivity contribution in [3.8, 4) is 5.75 Å². The van der Waals surface area contributed by atoms with Crippen LogP contribution >= 0.6 is 0 Å². The van der Waals surface area contributed by atoms with Crippen LogP contribution in [0.4, 0.5) is 5.69 Å². The highest BCUT2D eigenvalue weighted by atomic mass is 16.5. The van der Waals surface area contributed by atoms with E-state index in [9.17, 15) is 14.4 Å². The predicted octanol–water partition coefficient (Wildman–Crippen LogP) is 4.37. The van der Waals surface area contributed by atoms with Gasteiger partial charge in [0.2, 0.25) is 0 Å². The van der Waals surface area contributed by atoms with Crippen molar-refractivity contribution in [3.63, 3.8) is 0 Å². The zero-order valence-corrected chi connectivity index (χ0v) is 17.0. The minimum Gasteiger partial charge on any atom is -0.491 e. The molecular weight excluding hydrogens is 368 g/mol. The number of carbonyl (C=O) groups is 3. The largest absolute Gasteiger partial charge is 0.491 e. The quantitative estimate of drug-likeness (QED) is 0.675. The molecule has 3 rings (SSSR count). The highest BCUT2D eigenvalue weighted by Gasteiger charge is 2.35. The van der Waals surface area contributed by atoms with Gasteiger partial charge in [-0.05, 0) is 49.1 Å². The first kappa shape index (κ1) is 20.6. The number of anilines is 1. The Kier molecular flexibility index (Phi) is 6.32. The van der Waals surface area contributed by atoms with Crippen LogP contribution in [0.2, 0.25) is 0 Å². The molecule has 6 nitrogen and oxygen atoms in total. The number of fused-ring (bicyclic) bond motifs is 1. The lowest BCUT2D eigenvalue weighted by atomic mass is 10.1. The van der Waals surface area contributed by atoms with Crippen molar-refractivity contribution in [2.45, 2.75) is 33.6 Å². The molecule has 0 saturated carbocycles. The van der Waals surface area contributed by atoms with Crippen LogP contribution in [0.3, 0.4) is 0 Å². The molecule has 6 heteroatoms. The standard InChI is InChI=1S/C23H26N2O4/c1-4-13-29-20-8-6-5-7-19(20)24-21(26)16-9-10-17-18(14-16)23(28)25(22(17)27)12-11-15(2)3/h5-10,14-15H,4,11-13H2,1-3H3,(H,24,26). The Morgan fingerprint density at radius 1 is 1.07 bits per heavy atom. The van der Waals surface area contributed by atoms with E-state index in [-0.39, 0.29) is 23.3 Å². The van der Waals surface area contributed by atoms with Gasteiger partial charge in [0.05, 0.1) is 23.4 Å². The molecule has 1 heterocycles. The molecule has 0 aliphatic carbocycles. The molecule has 2 aromatic rings.